The molecule has 0 aliphatic carbocycles. The van der Waals surface area contributed by atoms with Gasteiger partial charge >= 0.3 is 0 Å². The quantitative estimate of drug-likeness (QED) is 0.839. The van der Waals surface area contributed by atoms with Crippen molar-refractivity contribution in [2.45, 2.75) is 44.2 Å². The Morgan fingerprint density at radius 2 is 2.26 bits per heavy atom. The van der Waals surface area contributed by atoms with E-state index in [1.807, 2.05) is 19.4 Å². The fourth-order valence-electron chi connectivity index (χ4n) is 3.51. The molecule has 2 saturated heterocycles. The summed E-state index contributed by atoms with van der Waals surface area (Å²) in [6.07, 6.45) is 8.68. The Morgan fingerprint density at radius 3 is 3.04 bits per heavy atom. The highest BCUT2D eigenvalue weighted by Crippen LogP contribution is 2.31. The van der Waals surface area contributed by atoms with Crippen molar-refractivity contribution in [3.63, 3.8) is 0 Å². The highest BCUT2D eigenvalue weighted by Gasteiger charge is 2.30. The van der Waals surface area contributed by atoms with Crippen molar-refractivity contribution in [2.24, 2.45) is 7.05 Å². The van der Waals surface area contributed by atoms with Crippen LogP contribution in [0.3, 0.4) is 0 Å². The molecule has 2 fully saturated rings. The van der Waals surface area contributed by atoms with E-state index in [2.05, 4.69) is 20.6 Å². The van der Waals surface area contributed by atoms with Crippen LogP contribution in [0.1, 0.15) is 43.7 Å². The Balaban J connectivity index is 1.57. The second kappa shape index (κ2) is 7.12. The molecule has 1 aromatic heterocycles. The number of likely N-dealkylation sites (tertiary alicyclic amines) is 1. The summed E-state index contributed by atoms with van der Waals surface area (Å²) in [5.74, 6) is -0.121. The van der Waals surface area contributed by atoms with Gasteiger partial charge in [-0.15, -0.1) is 0 Å². The van der Waals surface area contributed by atoms with Gasteiger partial charge in [0.25, 0.3) is 0 Å². The van der Waals surface area contributed by atoms with Gasteiger partial charge in [0, 0.05) is 31.4 Å². The number of aryl methyl sites for hydroxylation is 1. The second-order valence-electron chi connectivity index (χ2n) is 6.48. The van der Waals surface area contributed by atoms with E-state index in [4.69, 9.17) is 0 Å². The molecule has 2 aliphatic rings. The number of aromatic nitrogens is 2. The van der Waals surface area contributed by atoms with Crippen molar-refractivity contribution in [3.05, 3.63) is 18.0 Å². The zero-order chi connectivity index (χ0) is 16.2. The van der Waals surface area contributed by atoms with Gasteiger partial charge in [-0.05, 0) is 38.6 Å². The Labute approximate surface area is 136 Å². The first-order valence-electron chi connectivity index (χ1n) is 8.43. The minimum atomic E-state index is -0.385. The normalized spacial score (nSPS) is 25.9. The fourth-order valence-corrected chi connectivity index (χ4v) is 3.51. The third-order valence-electron chi connectivity index (χ3n) is 4.69. The average molecular weight is 319 g/mol. The molecule has 3 rings (SSSR count). The zero-order valence-corrected chi connectivity index (χ0v) is 13.6. The smallest absolute Gasteiger partial charge is 0.242 e. The molecule has 0 aromatic carbocycles. The number of rotatable bonds is 4. The molecule has 2 amide bonds. The van der Waals surface area contributed by atoms with Crippen LogP contribution < -0.4 is 10.6 Å². The summed E-state index contributed by atoms with van der Waals surface area (Å²) in [7, 11) is 1.90. The Bertz CT molecular complexity index is 571. The van der Waals surface area contributed by atoms with Gasteiger partial charge in [0.1, 0.15) is 6.04 Å². The molecule has 2 unspecified atom stereocenters. The van der Waals surface area contributed by atoms with E-state index in [0.29, 0.717) is 13.1 Å². The summed E-state index contributed by atoms with van der Waals surface area (Å²) in [6, 6.07) is -0.137. The first-order chi connectivity index (χ1) is 11.1. The molecule has 7 heteroatoms. The van der Waals surface area contributed by atoms with E-state index < -0.39 is 0 Å². The van der Waals surface area contributed by atoms with Gasteiger partial charge in [0.2, 0.25) is 11.8 Å². The number of nitrogens with one attached hydrogen (secondary N) is 2. The average Bonchev–Trinajstić information content (AvgIpc) is 3.09. The van der Waals surface area contributed by atoms with Crippen LogP contribution in [0.5, 0.6) is 0 Å². The maximum Gasteiger partial charge on any atom is 0.242 e. The van der Waals surface area contributed by atoms with Crippen molar-refractivity contribution in [2.75, 3.05) is 19.6 Å². The molecule has 0 radical (unpaired) electrons. The minimum Gasteiger partial charge on any atom is -0.354 e. The molecule has 0 bridgehead atoms. The highest BCUT2D eigenvalue weighted by molar-refractivity contribution is 5.88. The lowest BCUT2D eigenvalue weighted by atomic mass is 10.1. The van der Waals surface area contributed by atoms with Gasteiger partial charge in [-0.25, -0.2) is 0 Å². The van der Waals surface area contributed by atoms with Crippen molar-refractivity contribution >= 4 is 11.8 Å². The lowest BCUT2D eigenvalue weighted by Crippen LogP contribution is -2.48. The molecule has 2 aliphatic heterocycles. The molecule has 2 atom stereocenters. The van der Waals surface area contributed by atoms with Crippen LogP contribution in [-0.4, -0.2) is 52.2 Å². The fraction of sp³-hybridized carbons (Fsp3) is 0.688. The number of nitrogens with zero attached hydrogens (tertiary/aromatic N) is 3. The van der Waals surface area contributed by atoms with Crippen molar-refractivity contribution in [1.82, 2.24) is 25.3 Å². The molecular formula is C16H25N5O2. The summed E-state index contributed by atoms with van der Waals surface area (Å²) in [4.78, 5) is 26.5. The lowest BCUT2D eigenvalue weighted by molar-refractivity contribution is -0.129. The summed E-state index contributed by atoms with van der Waals surface area (Å²) in [6.45, 7) is 1.95. The molecule has 3 heterocycles. The molecule has 7 nitrogen and oxygen atoms in total. The predicted octanol–water partition coefficient (Wildman–Crippen LogP) is 0.342. The molecular weight excluding hydrogens is 294 g/mol. The molecule has 126 valence electrons. The minimum absolute atomic E-state index is 0.0546. The van der Waals surface area contributed by atoms with E-state index in [9.17, 15) is 9.59 Å². The Kier molecular flexibility index (Phi) is 4.95. The molecule has 0 spiro atoms. The van der Waals surface area contributed by atoms with Gasteiger partial charge < -0.3 is 10.6 Å². The van der Waals surface area contributed by atoms with E-state index >= 15 is 0 Å². The van der Waals surface area contributed by atoms with Crippen molar-refractivity contribution in [1.29, 1.82) is 0 Å². The lowest BCUT2D eigenvalue weighted by Gasteiger charge is -2.24. The Morgan fingerprint density at radius 1 is 1.39 bits per heavy atom. The molecule has 1 aromatic rings. The predicted molar refractivity (Wildman–Crippen MR) is 85.5 cm³/mol. The van der Waals surface area contributed by atoms with E-state index in [-0.39, 0.29) is 23.9 Å². The zero-order valence-electron chi connectivity index (χ0n) is 13.6. The maximum absolute atomic E-state index is 12.4. The van der Waals surface area contributed by atoms with E-state index in [1.165, 1.54) is 0 Å². The second-order valence-corrected chi connectivity index (χ2v) is 6.48. The van der Waals surface area contributed by atoms with E-state index in [0.717, 1.165) is 44.2 Å². The number of amides is 2. The summed E-state index contributed by atoms with van der Waals surface area (Å²) in [5, 5.41) is 9.98. The van der Waals surface area contributed by atoms with Crippen molar-refractivity contribution < 1.29 is 9.59 Å². The SMILES string of the molecule is Cn1cc(C2CCCN2CC(=O)NC2CCCCNC2=O)cn1. The van der Waals surface area contributed by atoms with Gasteiger partial charge in [-0.2, -0.15) is 5.10 Å². The highest BCUT2D eigenvalue weighted by atomic mass is 16.2. The molecule has 23 heavy (non-hydrogen) atoms. The largest absolute Gasteiger partial charge is 0.354 e. The third kappa shape index (κ3) is 3.90. The topological polar surface area (TPSA) is 79.3 Å². The number of carbonyl (C=O) groups excluding carboxylic acids is 2. The number of hydrogen-bond acceptors (Lipinski definition) is 4. The summed E-state index contributed by atoms with van der Waals surface area (Å²) in [5.41, 5.74) is 1.16. The van der Waals surface area contributed by atoms with Crippen LogP contribution in [0.4, 0.5) is 0 Å². The first-order valence-corrected chi connectivity index (χ1v) is 8.43. The monoisotopic (exact) mass is 319 g/mol. The van der Waals surface area contributed by atoms with Crippen LogP contribution in [0.25, 0.3) is 0 Å². The summed E-state index contributed by atoms with van der Waals surface area (Å²) < 4.78 is 1.79. The van der Waals surface area contributed by atoms with Crippen LogP contribution in [-0.2, 0) is 16.6 Å². The van der Waals surface area contributed by atoms with E-state index in [1.54, 1.807) is 4.68 Å². The van der Waals surface area contributed by atoms with Gasteiger partial charge in [0.15, 0.2) is 0 Å². The van der Waals surface area contributed by atoms with Crippen LogP contribution in [0.2, 0.25) is 0 Å². The van der Waals surface area contributed by atoms with Gasteiger partial charge in [0.05, 0.1) is 12.7 Å². The van der Waals surface area contributed by atoms with Crippen LogP contribution >= 0.6 is 0 Å². The standard InChI is InChI=1S/C16H25N5O2/c1-20-10-12(9-18-20)14-6-4-8-21(14)11-15(22)19-13-5-2-3-7-17-16(13)23/h9-10,13-14H,2-8,11H2,1H3,(H,17,23)(H,19,22). The van der Waals surface area contributed by atoms with Gasteiger partial charge in [-0.1, -0.05) is 0 Å². The van der Waals surface area contributed by atoms with Crippen LogP contribution in [0, 0.1) is 0 Å². The summed E-state index contributed by atoms with van der Waals surface area (Å²) >= 11 is 0. The molecule has 2 N–H and O–H groups in total. The molecule has 0 saturated carbocycles. The maximum atomic E-state index is 12.4. The first kappa shape index (κ1) is 16.0. The third-order valence-corrected chi connectivity index (χ3v) is 4.69. The van der Waals surface area contributed by atoms with Gasteiger partial charge in [-0.3, -0.25) is 19.2 Å². The van der Waals surface area contributed by atoms with Crippen LogP contribution in [0.15, 0.2) is 12.4 Å². The van der Waals surface area contributed by atoms with Crippen molar-refractivity contribution in [3.8, 4) is 0 Å². The number of carbonyl (C=O) groups is 2. The number of hydrogen-bond donors (Lipinski definition) is 2. The Hall–Kier alpha value is -1.89.